The summed E-state index contributed by atoms with van der Waals surface area (Å²) in [6, 6.07) is 63.3. The molecular weight excluding hydrogens is 785 g/mol. The quantitative estimate of drug-likeness (QED) is 0.0758. The molecule has 0 aromatic heterocycles. The Morgan fingerprint density at radius 2 is 0.426 bits per heavy atom. The van der Waals surface area contributed by atoms with Crippen LogP contribution in [0.4, 0.5) is 0 Å². The maximum atomic E-state index is 4.91. The molecule has 0 spiro atoms. The van der Waals surface area contributed by atoms with E-state index in [1.54, 1.807) is 0 Å². The Morgan fingerprint density at radius 1 is 0.277 bits per heavy atom. The van der Waals surface area contributed by atoms with Crippen molar-refractivity contribution in [3.8, 4) is 0 Å². The fourth-order valence-electron chi connectivity index (χ4n) is 6.85. The van der Waals surface area contributed by atoms with Crippen molar-refractivity contribution in [2.75, 3.05) is 0 Å². The van der Waals surface area contributed by atoms with Crippen LogP contribution in [0.5, 0.6) is 0 Å². The molecule has 0 aliphatic rings. The van der Waals surface area contributed by atoms with Gasteiger partial charge in [0, 0.05) is 0 Å². The topological polar surface area (TPSA) is 0 Å². The Labute approximate surface area is 298 Å². The van der Waals surface area contributed by atoms with Crippen LogP contribution in [0.2, 0.25) is 0 Å². The Balaban J connectivity index is 1.62. The minimum atomic E-state index is -2.35. The van der Waals surface area contributed by atoms with Crippen molar-refractivity contribution in [3.63, 3.8) is 0 Å². The molecule has 0 aliphatic heterocycles. The van der Waals surface area contributed by atoms with Gasteiger partial charge in [-0.25, -0.2) is 0 Å². The van der Waals surface area contributed by atoms with Crippen molar-refractivity contribution >= 4 is 40.5 Å². The Kier molecular flexibility index (Phi) is 12.0. The van der Waals surface area contributed by atoms with Crippen LogP contribution in [-0.2, 0) is 45.0 Å². The predicted molar refractivity (Wildman–Crippen MR) is 215 cm³/mol. The van der Waals surface area contributed by atoms with E-state index >= 15 is 0 Å². The summed E-state index contributed by atoms with van der Waals surface area (Å²) in [4.78, 5) is 0. The SMILES string of the molecule is [Br][Ni]([Br])([PH](Cc1ccccc1)(Cc1ccccc1)Cc1ccccc1)[PH](Cc1ccccc1)(Cc1ccccc1)Cc1ccccc1. The van der Waals surface area contributed by atoms with Gasteiger partial charge in [0.15, 0.2) is 0 Å². The van der Waals surface area contributed by atoms with Gasteiger partial charge in [-0.2, -0.15) is 0 Å². The van der Waals surface area contributed by atoms with Crippen molar-refractivity contribution in [1.82, 2.24) is 0 Å². The molecule has 0 radical (unpaired) electrons. The number of rotatable bonds is 14. The molecule has 0 atom stereocenters. The standard InChI is InChI=1S/2C21H21P.2BrH.Ni/c2*1-4-10-19(11-5-1)16-22(17-20-12-6-2-7-13-20)18-21-14-8-3-9-15-21;;;/h2*1-15H,16-18H2;2*1H;. The predicted octanol–water partition coefficient (Wildman–Crippen LogP) is 13.3. The number of hydrogen-bond donors (Lipinski definition) is 0. The molecule has 6 aromatic rings. The van der Waals surface area contributed by atoms with E-state index in [0.717, 1.165) is 37.0 Å². The monoisotopic (exact) mass is 826 g/mol. The second kappa shape index (κ2) is 16.4. The number of halogens is 2. The van der Waals surface area contributed by atoms with Gasteiger partial charge >= 0.3 is 301 Å². The second-order valence-corrected chi connectivity index (χ2v) is 48.2. The van der Waals surface area contributed by atoms with Gasteiger partial charge in [-0.05, 0) is 0 Å². The van der Waals surface area contributed by atoms with Crippen LogP contribution in [-0.4, -0.2) is 0 Å². The molecule has 0 fully saturated rings. The van der Waals surface area contributed by atoms with Crippen molar-refractivity contribution < 1.29 is 7.98 Å². The van der Waals surface area contributed by atoms with E-state index in [-0.39, 0.29) is 0 Å². The van der Waals surface area contributed by atoms with Crippen LogP contribution in [0.1, 0.15) is 33.4 Å². The summed E-state index contributed by atoms with van der Waals surface area (Å²) >= 11 is 9.82. The van der Waals surface area contributed by atoms with E-state index < -0.39 is 20.1 Å². The van der Waals surface area contributed by atoms with E-state index in [9.17, 15) is 0 Å². The molecule has 0 saturated carbocycles. The summed E-state index contributed by atoms with van der Waals surface area (Å²) in [6.07, 6.45) is 6.67. The van der Waals surface area contributed by atoms with Crippen LogP contribution >= 0.6 is 40.5 Å². The van der Waals surface area contributed by atoms with Crippen molar-refractivity contribution in [3.05, 3.63) is 215 Å². The Morgan fingerprint density at radius 3 is 0.574 bits per heavy atom. The van der Waals surface area contributed by atoms with Crippen LogP contribution < -0.4 is 0 Å². The molecule has 6 aromatic carbocycles. The molecule has 246 valence electrons. The van der Waals surface area contributed by atoms with Gasteiger partial charge in [0.1, 0.15) is 0 Å². The van der Waals surface area contributed by atoms with E-state index in [4.69, 9.17) is 28.5 Å². The molecule has 0 unspecified atom stereocenters. The maximum absolute atomic E-state index is 4.91. The fourth-order valence-corrected chi connectivity index (χ4v) is 51.8. The number of benzene rings is 6. The van der Waals surface area contributed by atoms with Crippen molar-refractivity contribution in [1.29, 1.82) is 0 Å². The molecule has 0 aliphatic carbocycles. The second-order valence-electron chi connectivity index (χ2n) is 12.5. The molecule has 0 saturated heterocycles. The average Bonchev–Trinajstić information content (AvgIpc) is 3.11. The van der Waals surface area contributed by atoms with E-state index in [1.165, 1.54) is 33.4 Å². The first kappa shape index (κ1) is 34.5. The normalized spacial score (nSPS) is 13.1. The fraction of sp³-hybridized carbons (Fsp3) is 0.143. The summed E-state index contributed by atoms with van der Waals surface area (Å²) in [5, 5.41) is 0. The summed E-state index contributed by atoms with van der Waals surface area (Å²) < 4.78 is 0. The molecule has 6 rings (SSSR count). The zero-order valence-electron chi connectivity index (χ0n) is 26.6. The Hall–Kier alpha value is -2.37. The summed E-state index contributed by atoms with van der Waals surface area (Å²) in [6.45, 7) is 0. The minimum absolute atomic E-state index is 1.11. The van der Waals surface area contributed by atoms with Crippen LogP contribution in [0.25, 0.3) is 0 Å². The summed E-state index contributed by atoms with van der Waals surface area (Å²) in [7, 11) is -1.74. The van der Waals surface area contributed by atoms with Gasteiger partial charge in [-0.3, -0.25) is 0 Å². The summed E-state index contributed by atoms with van der Waals surface area (Å²) in [5.41, 5.74) is 8.70. The molecule has 0 N–H and O–H groups in total. The van der Waals surface area contributed by atoms with E-state index in [1.807, 2.05) is 0 Å². The molecule has 0 bridgehead atoms. The van der Waals surface area contributed by atoms with Gasteiger partial charge in [-0.15, -0.1) is 0 Å². The first-order valence-corrected chi connectivity index (χ1v) is 29.0. The molecule has 0 amide bonds. The van der Waals surface area contributed by atoms with Gasteiger partial charge < -0.3 is 0 Å². The average molecular weight is 829 g/mol. The molecule has 47 heavy (non-hydrogen) atoms. The van der Waals surface area contributed by atoms with E-state index in [0.29, 0.717) is 0 Å². The van der Waals surface area contributed by atoms with Gasteiger partial charge in [0.05, 0.1) is 0 Å². The Bertz CT molecular complexity index is 1450. The third kappa shape index (κ3) is 8.63. The third-order valence-corrected chi connectivity index (χ3v) is 62.4. The zero-order chi connectivity index (χ0) is 32.4. The third-order valence-electron chi connectivity index (χ3n) is 8.96. The molecular formula is C42H44Br2NiP2. The van der Waals surface area contributed by atoms with Gasteiger partial charge in [0.2, 0.25) is 0 Å². The zero-order valence-corrected chi connectivity index (χ0v) is 32.8. The summed E-state index contributed by atoms with van der Waals surface area (Å²) in [5.74, 6) is 0. The molecule has 0 heterocycles. The van der Waals surface area contributed by atoms with Crippen molar-refractivity contribution in [2.24, 2.45) is 0 Å². The van der Waals surface area contributed by atoms with Crippen molar-refractivity contribution in [2.45, 2.75) is 37.0 Å². The van der Waals surface area contributed by atoms with Crippen LogP contribution in [0.15, 0.2) is 182 Å². The molecule has 0 nitrogen and oxygen atoms in total. The van der Waals surface area contributed by atoms with Gasteiger partial charge in [-0.1, -0.05) is 0 Å². The van der Waals surface area contributed by atoms with Crippen LogP contribution in [0, 0.1) is 0 Å². The first-order valence-electron chi connectivity index (χ1n) is 16.3. The first-order chi connectivity index (χ1) is 23.0. The van der Waals surface area contributed by atoms with Crippen LogP contribution in [0.3, 0.4) is 0 Å². The number of hydrogen-bond acceptors (Lipinski definition) is 0. The molecule has 5 heteroatoms. The van der Waals surface area contributed by atoms with E-state index in [2.05, 4.69) is 182 Å². The van der Waals surface area contributed by atoms with Gasteiger partial charge in [0.25, 0.3) is 0 Å².